The predicted molar refractivity (Wildman–Crippen MR) is 95.9 cm³/mol. The Morgan fingerprint density at radius 1 is 1.40 bits per heavy atom. The molecule has 1 heterocycles. The maximum atomic E-state index is 14.9. The molecule has 1 amide bonds. The number of rotatable bonds is 6. The molecule has 2 N–H and O–H groups in total. The number of hydrogen-bond acceptors (Lipinski definition) is 6. The van der Waals surface area contributed by atoms with E-state index in [9.17, 15) is 32.3 Å². The number of hydrogen-bond donors (Lipinski definition) is 2. The summed E-state index contributed by atoms with van der Waals surface area (Å²) in [7, 11) is 0. The zero-order valence-corrected chi connectivity index (χ0v) is 16.4. The van der Waals surface area contributed by atoms with Crippen LogP contribution in [-0.2, 0) is 25.4 Å². The lowest BCUT2D eigenvalue weighted by Gasteiger charge is -2.25. The molecule has 2 atom stereocenters. The van der Waals surface area contributed by atoms with Gasteiger partial charge in [0.05, 0.1) is 5.56 Å². The first-order valence-corrected chi connectivity index (χ1v) is 8.75. The second kappa shape index (κ2) is 8.32. The molecule has 1 fully saturated rings. The van der Waals surface area contributed by atoms with E-state index in [1.807, 2.05) is 5.32 Å². The van der Waals surface area contributed by atoms with Crippen LogP contribution in [0, 0.1) is 5.82 Å². The molecule has 11 heteroatoms. The predicted octanol–water partition coefficient (Wildman–Crippen LogP) is 3.07. The number of nitrogens with one attached hydrogen (secondary N) is 1. The zero-order chi connectivity index (χ0) is 22.9. The van der Waals surface area contributed by atoms with Crippen molar-refractivity contribution < 1.29 is 46.5 Å². The number of aliphatic hydroxyl groups is 1. The minimum absolute atomic E-state index is 0.0689. The minimum atomic E-state index is -5.25. The van der Waals surface area contributed by atoms with Crippen molar-refractivity contribution >= 4 is 17.6 Å². The zero-order valence-electron chi connectivity index (χ0n) is 16.4. The van der Waals surface area contributed by atoms with E-state index in [4.69, 9.17) is 14.2 Å². The molecule has 0 aliphatic carbocycles. The highest BCUT2D eigenvalue weighted by Gasteiger charge is 2.55. The Morgan fingerprint density at radius 3 is 2.53 bits per heavy atom. The number of allylic oxidation sites excluding steroid dienone is 1. The molecule has 30 heavy (non-hydrogen) atoms. The van der Waals surface area contributed by atoms with Gasteiger partial charge in [0.25, 0.3) is 5.91 Å². The number of esters is 1. The van der Waals surface area contributed by atoms with Crippen LogP contribution in [0.2, 0.25) is 0 Å². The van der Waals surface area contributed by atoms with Gasteiger partial charge in [-0.3, -0.25) is 4.79 Å². The highest BCUT2D eigenvalue weighted by atomic mass is 19.4. The summed E-state index contributed by atoms with van der Waals surface area (Å²) in [5, 5.41) is 11.3. The summed E-state index contributed by atoms with van der Waals surface area (Å²) < 4.78 is 69.0. The molecule has 1 aromatic carbocycles. The maximum absolute atomic E-state index is 14.9. The summed E-state index contributed by atoms with van der Waals surface area (Å²) in [6.45, 7) is 6.80. The van der Waals surface area contributed by atoms with Crippen LogP contribution in [0.15, 0.2) is 24.8 Å². The fourth-order valence-corrected chi connectivity index (χ4v) is 2.51. The van der Waals surface area contributed by atoms with Crippen molar-refractivity contribution in [2.45, 2.75) is 51.0 Å². The van der Waals surface area contributed by atoms with Gasteiger partial charge in [0, 0.05) is 11.3 Å². The number of anilines is 1. The van der Waals surface area contributed by atoms with Crippen molar-refractivity contribution in [1.29, 1.82) is 0 Å². The van der Waals surface area contributed by atoms with Crippen molar-refractivity contribution in [3.8, 4) is 0 Å². The highest BCUT2D eigenvalue weighted by molar-refractivity contribution is 5.99. The van der Waals surface area contributed by atoms with Crippen molar-refractivity contribution in [1.82, 2.24) is 0 Å². The van der Waals surface area contributed by atoms with E-state index in [0.717, 1.165) is 12.1 Å². The summed E-state index contributed by atoms with van der Waals surface area (Å²) in [4.78, 5) is 24.2. The van der Waals surface area contributed by atoms with E-state index >= 15 is 0 Å². The number of carbonyl (C=O) groups excluding carboxylic acids is 2. The van der Waals surface area contributed by atoms with Gasteiger partial charge in [-0.25, -0.2) is 9.18 Å². The largest absolute Gasteiger partial charge is 0.429 e. The van der Waals surface area contributed by atoms with Crippen LogP contribution in [0.5, 0.6) is 0 Å². The SMILES string of the molecule is C=CCc1c(NC(=O)C(C)(O)C(F)(F)F)ccc(C(=O)OC2COC(C)(C)O2)c1F. The average molecular weight is 435 g/mol. The molecular weight excluding hydrogens is 414 g/mol. The Bertz CT molecular complexity index is 850. The Morgan fingerprint density at radius 2 is 2.03 bits per heavy atom. The first-order valence-electron chi connectivity index (χ1n) is 8.75. The van der Waals surface area contributed by atoms with Gasteiger partial charge in [0.1, 0.15) is 12.4 Å². The van der Waals surface area contributed by atoms with E-state index in [-0.39, 0.29) is 31.2 Å². The Kier molecular flexibility index (Phi) is 6.60. The quantitative estimate of drug-likeness (QED) is 0.405. The first kappa shape index (κ1) is 23.8. The van der Waals surface area contributed by atoms with E-state index in [0.29, 0.717) is 0 Å². The Balaban J connectivity index is 2.29. The lowest BCUT2D eigenvalue weighted by atomic mass is 10.0. The van der Waals surface area contributed by atoms with Crippen molar-refractivity contribution in [3.05, 3.63) is 41.7 Å². The summed E-state index contributed by atoms with van der Waals surface area (Å²) >= 11 is 0. The monoisotopic (exact) mass is 435 g/mol. The molecule has 2 rings (SSSR count). The number of ether oxygens (including phenoxy) is 3. The van der Waals surface area contributed by atoms with Gasteiger partial charge in [-0.2, -0.15) is 13.2 Å². The van der Waals surface area contributed by atoms with Gasteiger partial charge in [0.15, 0.2) is 5.79 Å². The third-order valence-corrected chi connectivity index (χ3v) is 4.27. The number of benzene rings is 1. The smallest absolute Gasteiger partial charge is 0.426 e. The highest BCUT2D eigenvalue weighted by Crippen LogP contribution is 2.32. The van der Waals surface area contributed by atoms with Crippen LogP contribution in [0.1, 0.15) is 36.7 Å². The van der Waals surface area contributed by atoms with Crippen LogP contribution >= 0.6 is 0 Å². The van der Waals surface area contributed by atoms with Crippen molar-refractivity contribution in [2.75, 3.05) is 11.9 Å². The lowest BCUT2D eigenvalue weighted by molar-refractivity contribution is -0.242. The molecule has 0 radical (unpaired) electrons. The number of alkyl halides is 3. The number of amides is 1. The molecule has 0 bridgehead atoms. The fraction of sp³-hybridized carbons (Fsp3) is 0.474. The molecule has 1 aromatic rings. The molecule has 7 nitrogen and oxygen atoms in total. The van der Waals surface area contributed by atoms with Gasteiger partial charge < -0.3 is 24.6 Å². The molecule has 1 saturated heterocycles. The van der Waals surface area contributed by atoms with Gasteiger partial charge in [-0.1, -0.05) is 6.08 Å². The summed E-state index contributed by atoms with van der Waals surface area (Å²) in [5.41, 5.74) is -4.91. The molecule has 1 aliphatic heterocycles. The van der Waals surface area contributed by atoms with Gasteiger partial charge >= 0.3 is 12.1 Å². The number of carbonyl (C=O) groups is 2. The van der Waals surface area contributed by atoms with Gasteiger partial charge in [-0.15, -0.1) is 6.58 Å². The number of halogens is 4. The van der Waals surface area contributed by atoms with E-state index in [1.54, 1.807) is 13.8 Å². The minimum Gasteiger partial charge on any atom is -0.429 e. The second-order valence-corrected chi connectivity index (χ2v) is 7.13. The van der Waals surface area contributed by atoms with Crippen molar-refractivity contribution in [3.63, 3.8) is 0 Å². The lowest BCUT2D eigenvalue weighted by Crippen LogP contribution is -2.52. The molecule has 0 spiro atoms. The molecule has 0 saturated carbocycles. The maximum Gasteiger partial charge on any atom is 0.426 e. The molecule has 166 valence electrons. The molecule has 1 aliphatic rings. The first-order chi connectivity index (χ1) is 13.7. The molecule has 0 aromatic heterocycles. The Labute approximate surface area is 169 Å². The van der Waals surface area contributed by atoms with Gasteiger partial charge in [0.2, 0.25) is 11.9 Å². The molecule has 2 unspecified atom stereocenters. The third kappa shape index (κ3) is 4.97. The van der Waals surface area contributed by atoms with E-state index < -0.39 is 47.1 Å². The topological polar surface area (TPSA) is 94.1 Å². The Hall–Kier alpha value is -2.50. The fourth-order valence-electron chi connectivity index (χ4n) is 2.51. The standard InChI is InChI=1S/C19H21F4NO6/c1-5-6-10-12(24-16(26)18(4,27)19(21,22)23)8-7-11(14(10)20)15(25)29-13-9-28-17(2,3)30-13/h5,7-8,13,27H,1,6,9H2,2-4H3,(H,24,26). The summed E-state index contributed by atoms with van der Waals surface area (Å²) in [5.74, 6) is -5.01. The van der Waals surface area contributed by atoms with Gasteiger partial charge in [-0.05, 0) is 39.3 Å². The normalized spacial score (nSPS) is 20.3. The van der Waals surface area contributed by atoms with Crippen LogP contribution in [0.25, 0.3) is 0 Å². The van der Waals surface area contributed by atoms with E-state index in [1.165, 1.54) is 6.08 Å². The van der Waals surface area contributed by atoms with Crippen molar-refractivity contribution in [2.24, 2.45) is 0 Å². The molecular formula is C19H21F4NO6. The summed E-state index contributed by atoms with van der Waals surface area (Å²) in [6.07, 6.45) is -5.33. The summed E-state index contributed by atoms with van der Waals surface area (Å²) in [6, 6.07) is 1.96. The second-order valence-electron chi connectivity index (χ2n) is 7.13. The van der Waals surface area contributed by atoms with E-state index in [2.05, 4.69) is 6.58 Å². The van der Waals surface area contributed by atoms with Crippen LogP contribution in [0.4, 0.5) is 23.2 Å². The van der Waals surface area contributed by atoms with Crippen LogP contribution in [-0.4, -0.2) is 47.4 Å². The third-order valence-electron chi connectivity index (χ3n) is 4.27. The average Bonchev–Trinajstić information content (AvgIpc) is 2.95. The van der Waals surface area contributed by atoms with Crippen LogP contribution < -0.4 is 5.32 Å². The van der Waals surface area contributed by atoms with Crippen LogP contribution in [0.3, 0.4) is 0 Å².